The minimum Gasteiger partial charge on any atom is -0.325 e. The number of fused-ring (bicyclic) bond motifs is 2. The molecular weight excluding hydrogens is 658 g/mol. The zero-order valence-electron chi connectivity index (χ0n) is 26.6. The number of halogens is 1. The van der Waals surface area contributed by atoms with E-state index in [1.807, 2.05) is 83.4 Å². The Labute approximate surface area is 290 Å². The fourth-order valence-electron chi connectivity index (χ4n) is 5.44. The van der Waals surface area contributed by atoms with E-state index in [-0.39, 0.29) is 22.9 Å². The molecule has 0 aliphatic carbocycles. The van der Waals surface area contributed by atoms with Crippen LogP contribution in [-0.4, -0.2) is 31.4 Å². The van der Waals surface area contributed by atoms with E-state index in [9.17, 15) is 9.18 Å². The summed E-state index contributed by atoms with van der Waals surface area (Å²) in [7, 11) is 0. The fraction of sp³-hybridized carbons (Fsp3) is 0.158. The maximum Gasteiger partial charge on any atom is 0.234 e. The molecule has 1 amide bonds. The number of hydrogen-bond donors (Lipinski definition) is 1. The van der Waals surface area contributed by atoms with Gasteiger partial charge in [0, 0.05) is 28.1 Å². The second-order valence-electron chi connectivity index (χ2n) is 12.3. The SMILES string of the molecule is CC(C)(C)c1ccc(-c2nnc(SCC(=O)Nc3ccc4nc(SCc5ccc(F)c6ccccc56)sc4c3)n2-c2ccccc2)cc1. The van der Waals surface area contributed by atoms with Crippen LogP contribution in [0.15, 0.2) is 119 Å². The molecule has 0 bridgehead atoms. The maximum atomic E-state index is 14.3. The molecule has 7 aromatic rings. The summed E-state index contributed by atoms with van der Waals surface area (Å²) in [5.74, 6) is 1.22. The van der Waals surface area contributed by atoms with Gasteiger partial charge < -0.3 is 5.32 Å². The van der Waals surface area contributed by atoms with Crippen molar-refractivity contribution in [1.82, 2.24) is 19.7 Å². The van der Waals surface area contributed by atoms with Crippen molar-refractivity contribution in [3.8, 4) is 17.1 Å². The lowest BCUT2D eigenvalue weighted by molar-refractivity contribution is -0.113. The Morgan fingerprint density at radius 2 is 1.60 bits per heavy atom. The van der Waals surface area contributed by atoms with Crippen molar-refractivity contribution in [3.05, 3.63) is 126 Å². The van der Waals surface area contributed by atoms with E-state index in [1.165, 1.54) is 23.4 Å². The molecule has 1 N–H and O–H groups in total. The third-order valence-electron chi connectivity index (χ3n) is 7.95. The molecule has 0 aliphatic rings. The van der Waals surface area contributed by atoms with Crippen LogP contribution in [0.3, 0.4) is 0 Å². The number of carbonyl (C=O) groups is 1. The molecule has 2 heterocycles. The zero-order chi connectivity index (χ0) is 33.3. The van der Waals surface area contributed by atoms with Crippen molar-refractivity contribution in [2.75, 3.05) is 11.1 Å². The van der Waals surface area contributed by atoms with Gasteiger partial charge in [-0.3, -0.25) is 9.36 Å². The van der Waals surface area contributed by atoms with Gasteiger partial charge >= 0.3 is 0 Å². The molecule has 0 unspecified atom stereocenters. The highest BCUT2D eigenvalue weighted by atomic mass is 32.2. The van der Waals surface area contributed by atoms with Gasteiger partial charge in [0.05, 0.1) is 16.0 Å². The van der Waals surface area contributed by atoms with Crippen LogP contribution in [0.2, 0.25) is 0 Å². The van der Waals surface area contributed by atoms with Gasteiger partial charge in [-0.1, -0.05) is 117 Å². The second kappa shape index (κ2) is 13.5. The number of aromatic nitrogens is 4. The van der Waals surface area contributed by atoms with Crippen LogP contribution in [0.25, 0.3) is 38.1 Å². The van der Waals surface area contributed by atoms with Gasteiger partial charge in [-0.15, -0.1) is 21.5 Å². The minimum atomic E-state index is -0.211. The number of benzene rings is 5. The molecule has 6 nitrogen and oxygen atoms in total. The summed E-state index contributed by atoms with van der Waals surface area (Å²) in [6, 6.07) is 35.1. The number of nitrogens with one attached hydrogen (secondary N) is 1. The molecule has 0 atom stereocenters. The largest absolute Gasteiger partial charge is 0.325 e. The summed E-state index contributed by atoms with van der Waals surface area (Å²) in [6.07, 6.45) is 0. The van der Waals surface area contributed by atoms with Crippen LogP contribution in [0.5, 0.6) is 0 Å². The normalized spacial score (nSPS) is 11.8. The van der Waals surface area contributed by atoms with Crippen LogP contribution >= 0.6 is 34.9 Å². The third kappa shape index (κ3) is 6.87. The zero-order valence-corrected chi connectivity index (χ0v) is 29.1. The van der Waals surface area contributed by atoms with Gasteiger partial charge in [0.2, 0.25) is 5.91 Å². The molecule has 2 aromatic heterocycles. The Kier molecular flexibility index (Phi) is 9.04. The van der Waals surface area contributed by atoms with Crippen LogP contribution in [0.4, 0.5) is 10.1 Å². The quantitative estimate of drug-likeness (QED) is 0.152. The van der Waals surface area contributed by atoms with Crippen molar-refractivity contribution >= 4 is 67.4 Å². The van der Waals surface area contributed by atoms with Crippen molar-refractivity contribution in [3.63, 3.8) is 0 Å². The first-order valence-corrected chi connectivity index (χ1v) is 18.3. The van der Waals surface area contributed by atoms with Gasteiger partial charge in [0.15, 0.2) is 15.3 Å². The minimum absolute atomic E-state index is 0.0483. The standard InChI is InChI=1S/C38H32FN5OS3/c1-38(2,3)26-16-13-24(14-17-26)35-42-43-36(44(35)28-9-5-4-6-10-28)46-23-34(45)40-27-18-20-32-33(21-27)48-37(41-32)47-22-25-15-19-31(39)30-12-8-7-11-29(25)30/h4-21H,22-23H2,1-3H3,(H,40,45). The van der Waals surface area contributed by atoms with Gasteiger partial charge in [-0.2, -0.15) is 0 Å². The van der Waals surface area contributed by atoms with Crippen molar-refractivity contribution < 1.29 is 9.18 Å². The lowest BCUT2D eigenvalue weighted by Gasteiger charge is -2.19. The maximum absolute atomic E-state index is 14.3. The van der Waals surface area contributed by atoms with Crippen LogP contribution in [-0.2, 0) is 16.0 Å². The molecule has 0 fully saturated rings. The van der Waals surface area contributed by atoms with E-state index in [0.717, 1.165) is 42.6 Å². The number of rotatable bonds is 9. The molecule has 5 aromatic carbocycles. The molecule has 7 rings (SSSR count). The Morgan fingerprint density at radius 3 is 2.38 bits per heavy atom. The van der Waals surface area contributed by atoms with E-state index in [1.54, 1.807) is 23.1 Å². The number of thiazole rings is 1. The second-order valence-corrected chi connectivity index (χ2v) is 15.5. The van der Waals surface area contributed by atoms with Gasteiger partial charge in [-0.05, 0) is 58.3 Å². The van der Waals surface area contributed by atoms with E-state index in [4.69, 9.17) is 4.98 Å². The lowest BCUT2D eigenvalue weighted by Crippen LogP contribution is -2.14. The van der Waals surface area contributed by atoms with Crippen LogP contribution in [0, 0.1) is 5.82 Å². The Hall–Kier alpha value is -4.51. The molecule has 0 radical (unpaired) electrons. The molecule has 48 heavy (non-hydrogen) atoms. The Morgan fingerprint density at radius 1 is 0.854 bits per heavy atom. The summed E-state index contributed by atoms with van der Waals surface area (Å²) in [4.78, 5) is 17.9. The van der Waals surface area contributed by atoms with E-state index < -0.39 is 0 Å². The summed E-state index contributed by atoms with van der Waals surface area (Å²) in [5.41, 5.74) is 5.82. The average Bonchev–Trinajstić information content (AvgIpc) is 3.71. The predicted molar refractivity (Wildman–Crippen MR) is 198 cm³/mol. The first-order valence-electron chi connectivity index (χ1n) is 15.5. The first-order chi connectivity index (χ1) is 23.2. The predicted octanol–water partition coefficient (Wildman–Crippen LogP) is 10.2. The number of amides is 1. The van der Waals surface area contributed by atoms with Gasteiger partial charge in [-0.25, -0.2) is 9.37 Å². The molecule has 0 aliphatic heterocycles. The van der Waals surface area contributed by atoms with E-state index in [2.05, 4.69) is 60.6 Å². The smallest absolute Gasteiger partial charge is 0.234 e. The number of para-hydroxylation sites is 1. The van der Waals surface area contributed by atoms with Crippen molar-refractivity contribution in [2.45, 2.75) is 41.4 Å². The summed E-state index contributed by atoms with van der Waals surface area (Å²) in [6.45, 7) is 6.58. The number of carbonyl (C=O) groups excluding carboxylic acids is 1. The van der Waals surface area contributed by atoms with Crippen molar-refractivity contribution in [1.29, 1.82) is 0 Å². The van der Waals surface area contributed by atoms with E-state index in [0.29, 0.717) is 22.0 Å². The highest BCUT2D eigenvalue weighted by molar-refractivity contribution is 8.00. The number of hydrogen-bond acceptors (Lipinski definition) is 7. The fourth-order valence-corrected chi connectivity index (χ4v) is 8.30. The van der Waals surface area contributed by atoms with E-state index >= 15 is 0 Å². The molecule has 0 saturated carbocycles. The van der Waals surface area contributed by atoms with Crippen LogP contribution in [0.1, 0.15) is 31.9 Å². The number of anilines is 1. The lowest BCUT2D eigenvalue weighted by atomic mass is 9.87. The third-order valence-corrected chi connectivity index (χ3v) is 11.1. The molecular formula is C38H32FN5OS3. The van der Waals surface area contributed by atoms with Gasteiger partial charge in [0.1, 0.15) is 5.82 Å². The molecule has 240 valence electrons. The topological polar surface area (TPSA) is 72.7 Å². The highest BCUT2D eigenvalue weighted by Gasteiger charge is 2.19. The van der Waals surface area contributed by atoms with Crippen LogP contribution < -0.4 is 5.32 Å². The summed E-state index contributed by atoms with van der Waals surface area (Å²) in [5, 5.41) is 14.3. The molecule has 10 heteroatoms. The molecule has 0 saturated heterocycles. The Bertz CT molecular complexity index is 2240. The number of thioether (sulfide) groups is 2. The van der Waals surface area contributed by atoms with Gasteiger partial charge in [0.25, 0.3) is 0 Å². The monoisotopic (exact) mass is 689 g/mol. The molecule has 0 spiro atoms. The van der Waals surface area contributed by atoms with Crippen molar-refractivity contribution in [2.24, 2.45) is 0 Å². The average molecular weight is 690 g/mol. The Balaban J connectivity index is 1.04. The highest BCUT2D eigenvalue weighted by Crippen LogP contribution is 2.35. The summed E-state index contributed by atoms with van der Waals surface area (Å²) < 4.78 is 18.2. The first kappa shape index (κ1) is 32.1. The summed E-state index contributed by atoms with van der Waals surface area (Å²) >= 11 is 4.55. The number of nitrogens with zero attached hydrogens (tertiary/aromatic N) is 4.